The van der Waals surface area contributed by atoms with Crippen LogP contribution in [0.4, 0.5) is 0 Å². The molecule has 0 aromatic heterocycles. The van der Waals surface area contributed by atoms with Crippen molar-refractivity contribution < 1.29 is 14.7 Å². The lowest BCUT2D eigenvalue weighted by atomic mass is 9.97. The predicted octanol–water partition coefficient (Wildman–Crippen LogP) is 2.78. The van der Waals surface area contributed by atoms with Crippen molar-refractivity contribution in [2.75, 3.05) is 6.54 Å². The number of aryl methyl sites for hydroxylation is 2. The quantitative estimate of drug-likeness (QED) is 0.840. The van der Waals surface area contributed by atoms with Gasteiger partial charge in [0.1, 0.15) is 0 Å². The van der Waals surface area contributed by atoms with Crippen LogP contribution in [0.25, 0.3) is 0 Å². The Morgan fingerprint density at radius 1 is 1.25 bits per heavy atom. The summed E-state index contributed by atoms with van der Waals surface area (Å²) in [6.45, 7) is 7.91. The van der Waals surface area contributed by atoms with E-state index in [1.165, 1.54) is 0 Å². The van der Waals surface area contributed by atoms with E-state index in [-0.39, 0.29) is 18.4 Å². The molecule has 0 saturated carbocycles. The van der Waals surface area contributed by atoms with Crippen LogP contribution in [0, 0.1) is 25.7 Å². The Hall–Kier alpha value is -1.84. The Labute approximate surface area is 120 Å². The van der Waals surface area contributed by atoms with Gasteiger partial charge in [-0.15, -0.1) is 0 Å². The maximum atomic E-state index is 12.1. The molecular formula is C16H23NO3. The van der Waals surface area contributed by atoms with Crippen LogP contribution in [0.5, 0.6) is 0 Å². The first kappa shape index (κ1) is 16.2. The van der Waals surface area contributed by atoms with Crippen LogP contribution in [0.2, 0.25) is 0 Å². The summed E-state index contributed by atoms with van der Waals surface area (Å²) in [6, 6.07) is 5.67. The SMILES string of the molecule is Cc1ccc(C)c(C(=O)NCC(CC(C)C)C(=O)O)c1. The number of aliphatic carboxylic acids is 1. The zero-order valence-corrected chi connectivity index (χ0v) is 12.6. The highest BCUT2D eigenvalue weighted by atomic mass is 16.4. The number of carboxylic acids is 1. The molecule has 0 bridgehead atoms. The van der Waals surface area contributed by atoms with Gasteiger partial charge < -0.3 is 10.4 Å². The van der Waals surface area contributed by atoms with E-state index < -0.39 is 11.9 Å². The average Bonchev–Trinajstić information content (AvgIpc) is 2.36. The lowest BCUT2D eigenvalue weighted by Crippen LogP contribution is -2.34. The van der Waals surface area contributed by atoms with Crippen LogP contribution >= 0.6 is 0 Å². The third-order valence-electron chi connectivity index (χ3n) is 3.25. The van der Waals surface area contributed by atoms with Gasteiger partial charge in [-0.2, -0.15) is 0 Å². The van der Waals surface area contributed by atoms with Crippen molar-refractivity contribution in [2.24, 2.45) is 11.8 Å². The summed E-state index contributed by atoms with van der Waals surface area (Å²) < 4.78 is 0. The largest absolute Gasteiger partial charge is 0.481 e. The van der Waals surface area contributed by atoms with Gasteiger partial charge in [0.25, 0.3) is 5.91 Å². The van der Waals surface area contributed by atoms with Gasteiger partial charge in [-0.25, -0.2) is 0 Å². The second-order valence-electron chi connectivity index (χ2n) is 5.69. The molecule has 0 heterocycles. The molecule has 4 heteroatoms. The van der Waals surface area contributed by atoms with Gasteiger partial charge in [-0.1, -0.05) is 31.5 Å². The number of carbonyl (C=O) groups excluding carboxylic acids is 1. The van der Waals surface area contributed by atoms with E-state index in [0.717, 1.165) is 11.1 Å². The fourth-order valence-corrected chi connectivity index (χ4v) is 2.13. The fraction of sp³-hybridized carbons (Fsp3) is 0.500. The van der Waals surface area contributed by atoms with Gasteiger partial charge >= 0.3 is 5.97 Å². The second kappa shape index (κ2) is 7.08. The molecule has 1 unspecified atom stereocenters. The van der Waals surface area contributed by atoms with E-state index in [1.54, 1.807) is 0 Å². The lowest BCUT2D eigenvalue weighted by molar-refractivity contribution is -0.142. The number of rotatable bonds is 6. The zero-order chi connectivity index (χ0) is 15.3. The smallest absolute Gasteiger partial charge is 0.308 e. The van der Waals surface area contributed by atoms with Crippen LogP contribution in [-0.2, 0) is 4.79 Å². The Morgan fingerprint density at radius 2 is 1.90 bits per heavy atom. The van der Waals surface area contributed by atoms with Crippen LogP contribution in [0.1, 0.15) is 41.8 Å². The summed E-state index contributed by atoms with van der Waals surface area (Å²) >= 11 is 0. The minimum atomic E-state index is -0.861. The van der Waals surface area contributed by atoms with Gasteiger partial charge in [0.05, 0.1) is 5.92 Å². The molecule has 1 amide bonds. The lowest BCUT2D eigenvalue weighted by Gasteiger charge is -2.16. The van der Waals surface area contributed by atoms with Gasteiger partial charge in [-0.3, -0.25) is 9.59 Å². The molecule has 0 aliphatic carbocycles. The van der Waals surface area contributed by atoms with Gasteiger partial charge in [0.2, 0.25) is 0 Å². The molecule has 0 fully saturated rings. The molecule has 0 saturated heterocycles. The third-order valence-corrected chi connectivity index (χ3v) is 3.25. The van der Waals surface area contributed by atoms with Crippen LogP contribution in [0.15, 0.2) is 18.2 Å². The second-order valence-corrected chi connectivity index (χ2v) is 5.69. The highest BCUT2D eigenvalue weighted by Gasteiger charge is 2.20. The summed E-state index contributed by atoms with van der Waals surface area (Å²) in [5, 5.41) is 11.9. The van der Waals surface area contributed by atoms with Crippen LogP contribution in [0.3, 0.4) is 0 Å². The number of carbonyl (C=O) groups is 2. The fourth-order valence-electron chi connectivity index (χ4n) is 2.13. The van der Waals surface area contributed by atoms with E-state index in [9.17, 15) is 9.59 Å². The summed E-state index contributed by atoms with van der Waals surface area (Å²) in [6.07, 6.45) is 0.558. The molecule has 20 heavy (non-hydrogen) atoms. The minimum Gasteiger partial charge on any atom is -0.481 e. The number of hydrogen-bond donors (Lipinski definition) is 2. The summed E-state index contributed by atoms with van der Waals surface area (Å²) in [7, 11) is 0. The van der Waals surface area contributed by atoms with E-state index in [2.05, 4.69) is 5.32 Å². The van der Waals surface area contributed by atoms with Crippen molar-refractivity contribution in [3.63, 3.8) is 0 Å². The standard InChI is InChI=1S/C16H23NO3/c1-10(2)7-13(16(19)20)9-17-15(18)14-8-11(3)5-6-12(14)4/h5-6,8,10,13H,7,9H2,1-4H3,(H,17,18)(H,19,20). The van der Waals surface area contributed by atoms with Crippen molar-refractivity contribution in [1.82, 2.24) is 5.32 Å². The third kappa shape index (κ3) is 4.68. The first-order valence-electron chi connectivity index (χ1n) is 6.89. The van der Waals surface area contributed by atoms with Gasteiger partial charge in [-0.05, 0) is 37.8 Å². The molecule has 4 nitrogen and oxygen atoms in total. The zero-order valence-electron chi connectivity index (χ0n) is 12.6. The molecule has 2 N–H and O–H groups in total. The minimum absolute atomic E-state index is 0.166. The maximum absolute atomic E-state index is 12.1. The van der Waals surface area contributed by atoms with E-state index in [1.807, 2.05) is 45.9 Å². The van der Waals surface area contributed by atoms with Crippen LogP contribution < -0.4 is 5.32 Å². The molecule has 0 spiro atoms. The first-order chi connectivity index (χ1) is 9.31. The predicted molar refractivity (Wildman–Crippen MR) is 78.8 cm³/mol. The van der Waals surface area contributed by atoms with Crippen molar-refractivity contribution >= 4 is 11.9 Å². The van der Waals surface area contributed by atoms with E-state index >= 15 is 0 Å². The molecule has 0 aliphatic heterocycles. The van der Waals surface area contributed by atoms with E-state index in [4.69, 9.17) is 5.11 Å². The Kier molecular flexibility index (Phi) is 5.74. The number of nitrogens with one attached hydrogen (secondary N) is 1. The molecule has 1 aromatic carbocycles. The highest BCUT2D eigenvalue weighted by molar-refractivity contribution is 5.96. The molecule has 110 valence electrons. The van der Waals surface area contributed by atoms with Crippen molar-refractivity contribution in [3.05, 3.63) is 34.9 Å². The Bertz CT molecular complexity index is 494. The summed E-state index contributed by atoms with van der Waals surface area (Å²) in [4.78, 5) is 23.3. The van der Waals surface area contributed by atoms with Crippen molar-refractivity contribution in [2.45, 2.75) is 34.1 Å². The van der Waals surface area contributed by atoms with Crippen molar-refractivity contribution in [1.29, 1.82) is 0 Å². The average molecular weight is 277 g/mol. The normalized spacial score (nSPS) is 12.2. The van der Waals surface area contributed by atoms with Crippen molar-refractivity contribution in [3.8, 4) is 0 Å². The Morgan fingerprint density at radius 3 is 2.45 bits per heavy atom. The molecule has 1 atom stereocenters. The number of hydrogen-bond acceptors (Lipinski definition) is 2. The highest BCUT2D eigenvalue weighted by Crippen LogP contribution is 2.13. The van der Waals surface area contributed by atoms with Gasteiger partial charge in [0.15, 0.2) is 0 Å². The molecular weight excluding hydrogens is 254 g/mol. The summed E-state index contributed by atoms with van der Waals surface area (Å²) in [5.41, 5.74) is 2.51. The maximum Gasteiger partial charge on any atom is 0.308 e. The topological polar surface area (TPSA) is 66.4 Å². The molecule has 0 aliphatic rings. The molecule has 1 rings (SSSR count). The number of benzene rings is 1. The van der Waals surface area contributed by atoms with Gasteiger partial charge in [0, 0.05) is 12.1 Å². The summed E-state index contributed by atoms with van der Waals surface area (Å²) in [5.74, 6) is -1.32. The molecule has 0 radical (unpaired) electrons. The Balaban J connectivity index is 2.70. The monoisotopic (exact) mass is 277 g/mol. The number of carboxylic acid groups (broad SMARTS) is 1. The van der Waals surface area contributed by atoms with Crippen LogP contribution in [-0.4, -0.2) is 23.5 Å². The number of amides is 1. The first-order valence-corrected chi connectivity index (χ1v) is 6.89. The van der Waals surface area contributed by atoms with E-state index in [0.29, 0.717) is 12.0 Å². The molecule has 1 aromatic rings.